The van der Waals surface area contributed by atoms with Crippen LogP contribution < -0.4 is 10.1 Å². The van der Waals surface area contributed by atoms with Crippen LogP contribution in [0.25, 0.3) is 0 Å². The first-order valence-corrected chi connectivity index (χ1v) is 10.5. The SMILES string of the molecule is CCN(CC)S(=O)(=O)c1cccc(C(=O)Oc2ccc3c(c2)CCC(=O)N3)c1. The van der Waals surface area contributed by atoms with E-state index >= 15 is 0 Å². The summed E-state index contributed by atoms with van der Waals surface area (Å²) in [5, 5.41) is 2.77. The van der Waals surface area contributed by atoms with Crippen LogP contribution in [0.15, 0.2) is 47.4 Å². The van der Waals surface area contributed by atoms with Crippen molar-refractivity contribution in [1.82, 2.24) is 4.31 Å². The standard InChI is InChI=1S/C20H22N2O5S/c1-3-22(4-2)28(25,26)17-7-5-6-15(13-17)20(24)27-16-9-10-18-14(12-16)8-11-19(23)21-18/h5-7,9-10,12-13H,3-4,8,11H2,1-2H3,(H,21,23). The van der Waals surface area contributed by atoms with Crippen molar-refractivity contribution in [2.45, 2.75) is 31.6 Å². The largest absolute Gasteiger partial charge is 0.423 e. The smallest absolute Gasteiger partial charge is 0.343 e. The number of nitrogens with one attached hydrogen (secondary N) is 1. The minimum absolute atomic E-state index is 0.0385. The zero-order valence-electron chi connectivity index (χ0n) is 15.8. The van der Waals surface area contributed by atoms with E-state index < -0.39 is 16.0 Å². The Morgan fingerprint density at radius 2 is 1.86 bits per heavy atom. The number of esters is 1. The van der Waals surface area contributed by atoms with Crippen molar-refractivity contribution in [1.29, 1.82) is 0 Å². The van der Waals surface area contributed by atoms with E-state index in [0.717, 1.165) is 5.56 Å². The quantitative estimate of drug-likeness (QED) is 0.592. The summed E-state index contributed by atoms with van der Waals surface area (Å²) in [6.07, 6.45) is 0.958. The molecule has 0 fully saturated rings. The molecule has 0 atom stereocenters. The lowest BCUT2D eigenvalue weighted by Crippen LogP contribution is -2.30. The fraction of sp³-hybridized carbons (Fsp3) is 0.300. The molecular formula is C20H22N2O5S. The van der Waals surface area contributed by atoms with Crippen LogP contribution in [0.4, 0.5) is 5.69 Å². The molecule has 8 heteroatoms. The molecule has 1 aliphatic rings. The third kappa shape index (κ3) is 4.07. The summed E-state index contributed by atoms with van der Waals surface area (Å²) in [6, 6.07) is 10.8. The van der Waals surface area contributed by atoms with Crippen LogP contribution in [0.1, 0.15) is 36.2 Å². The first kappa shape index (κ1) is 20.0. The third-order valence-corrected chi connectivity index (χ3v) is 6.64. The van der Waals surface area contributed by atoms with Crippen LogP contribution >= 0.6 is 0 Å². The second-order valence-corrected chi connectivity index (χ2v) is 8.31. The molecule has 7 nitrogen and oxygen atoms in total. The van der Waals surface area contributed by atoms with Gasteiger partial charge in [0.15, 0.2) is 0 Å². The molecular weight excluding hydrogens is 380 g/mol. The van der Waals surface area contributed by atoms with Crippen molar-refractivity contribution in [3.63, 3.8) is 0 Å². The fourth-order valence-electron chi connectivity index (χ4n) is 3.09. The molecule has 1 N–H and O–H groups in total. The van der Waals surface area contributed by atoms with Gasteiger partial charge in [-0.15, -0.1) is 0 Å². The van der Waals surface area contributed by atoms with Crippen molar-refractivity contribution in [3.05, 3.63) is 53.6 Å². The van der Waals surface area contributed by atoms with E-state index in [2.05, 4.69) is 5.32 Å². The van der Waals surface area contributed by atoms with Crippen molar-refractivity contribution in [2.75, 3.05) is 18.4 Å². The van der Waals surface area contributed by atoms with Crippen LogP contribution in [0.5, 0.6) is 5.75 Å². The number of ether oxygens (including phenoxy) is 1. The molecule has 2 aromatic rings. The van der Waals surface area contributed by atoms with Gasteiger partial charge in [0.05, 0.1) is 10.5 Å². The minimum Gasteiger partial charge on any atom is -0.423 e. The van der Waals surface area contributed by atoms with Gasteiger partial charge in [-0.05, 0) is 48.4 Å². The molecule has 0 spiro atoms. The van der Waals surface area contributed by atoms with Gasteiger partial charge in [0.2, 0.25) is 15.9 Å². The fourth-order valence-corrected chi connectivity index (χ4v) is 4.59. The lowest BCUT2D eigenvalue weighted by molar-refractivity contribution is -0.116. The number of sulfonamides is 1. The van der Waals surface area contributed by atoms with Crippen LogP contribution in [0.3, 0.4) is 0 Å². The molecule has 0 radical (unpaired) electrons. The third-order valence-electron chi connectivity index (χ3n) is 4.60. The first-order chi connectivity index (χ1) is 13.3. The number of hydrogen-bond acceptors (Lipinski definition) is 5. The molecule has 148 valence electrons. The predicted molar refractivity (Wildman–Crippen MR) is 105 cm³/mol. The van der Waals surface area contributed by atoms with Gasteiger partial charge >= 0.3 is 5.97 Å². The van der Waals surface area contributed by atoms with Crippen LogP contribution in [0.2, 0.25) is 0 Å². The van der Waals surface area contributed by atoms with Gasteiger partial charge in [0.1, 0.15) is 5.75 Å². The Morgan fingerprint density at radius 1 is 1.11 bits per heavy atom. The van der Waals surface area contributed by atoms with Crippen molar-refractivity contribution in [2.24, 2.45) is 0 Å². The second-order valence-electron chi connectivity index (χ2n) is 6.37. The summed E-state index contributed by atoms with van der Waals surface area (Å²) < 4.78 is 32.1. The maximum atomic E-state index is 12.7. The molecule has 0 aliphatic carbocycles. The molecule has 0 aromatic heterocycles. The highest BCUT2D eigenvalue weighted by Gasteiger charge is 2.23. The Balaban J connectivity index is 1.81. The molecule has 0 saturated heterocycles. The summed E-state index contributed by atoms with van der Waals surface area (Å²) >= 11 is 0. The maximum absolute atomic E-state index is 12.7. The Bertz CT molecular complexity index is 1010. The maximum Gasteiger partial charge on any atom is 0.343 e. The molecule has 0 bridgehead atoms. The second kappa shape index (κ2) is 8.12. The van der Waals surface area contributed by atoms with Gasteiger partial charge < -0.3 is 10.1 Å². The first-order valence-electron chi connectivity index (χ1n) is 9.10. The minimum atomic E-state index is -3.66. The van der Waals surface area contributed by atoms with Gasteiger partial charge in [-0.2, -0.15) is 4.31 Å². The number of anilines is 1. The van der Waals surface area contributed by atoms with Crippen LogP contribution in [0, 0.1) is 0 Å². The number of nitrogens with zero attached hydrogens (tertiary/aromatic N) is 1. The Labute approximate surface area is 164 Å². The van der Waals surface area contributed by atoms with Crippen LogP contribution in [-0.4, -0.2) is 37.7 Å². The molecule has 1 heterocycles. The van der Waals surface area contributed by atoms with E-state index in [4.69, 9.17) is 4.74 Å². The molecule has 28 heavy (non-hydrogen) atoms. The topological polar surface area (TPSA) is 92.8 Å². The predicted octanol–water partition coefficient (Wildman–Crippen LogP) is 2.82. The van der Waals surface area contributed by atoms with E-state index in [9.17, 15) is 18.0 Å². The molecule has 1 aliphatic heterocycles. The normalized spacial score (nSPS) is 13.8. The summed E-state index contributed by atoms with van der Waals surface area (Å²) in [7, 11) is -3.66. The van der Waals surface area contributed by atoms with Gasteiger partial charge in [-0.3, -0.25) is 4.79 Å². The number of fused-ring (bicyclic) bond motifs is 1. The van der Waals surface area contributed by atoms with Gasteiger partial charge in [-0.25, -0.2) is 13.2 Å². The number of rotatable bonds is 6. The van der Waals surface area contributed by atoms with E-state index in [1.54, 1.807) is 32.0 Å². The lowest BCUT2D eigenvalue weighted by Gasteiger charge is -2.19. The molecule has 1 amide bonds. The molecule has 0 saturated carbocycles. The molecule has 0 unspecified atom stereocenters. The highest BCUT2D eigenvalue weighted by Crippen LogP contribution is 2.27. The number of benzene rings is 2. The summed E-state index contributed by atoms with van der Waals surface area (Å²) in [5.74, 6) is -0.336. The Hall–Kier alpha value is -2.71. The van der Waals surface area contributed by atoms with E-state index in [-0.39, 0.29) is 16.4 Å². The van der Waals surface area contributed by atoms with E-state index in [0.29, 0.717) is 37.4 Å². The lowest BCUT2D eigenvalue weighted by atomic mass is 10.0. The van der Waals surface area contributed by atoms with Crippen molar-refractivity contribution >= 4 is 27.6 Å². The average Bonchev–Trinajstić information content (AvgIpc) is 2.69. The van der Waals surface area contributed by atoms with Crippen molar-refractivity contribution < 1.29 is 22.7 Å². The zero-order chi connectivity index (χ0) is 20.3. The van der Waals surface area contributed by atoms with Gasteiger partial charge in [-0.1, -0.05) is 19.9 Å². The average molecular weight is 402 g/mol. The number of aryl methyl sites for hydroxylation is 1. The Morgan fingerprint density at radius 3 is 2.57 bits per heavy atom. The van der Waals surface area contributed by atoms with Crippen LogP contribution in [-0.2, 0) is 21.2 Å². The Kier molecular flexibility index (Phi) is 5.81. The number of carbonyl (C=O) groups is 2. The summed E-state index contributed by atoms with van der Waals surface area (Å²) in [6.45, 7) is 4.22. The summed E-state index contributed by atoms with van der Waals surface area (Å²) in [5.41, 5.74) is 1.75. The number of carbonyl (C=O) groups excluding carboxylic acids is 2. The molecule has 2 aromatic carbocycles. The molecule has 3 rings (SSSR count). The van der Waals surface area contributed by atoms with E-state index in [1.807, 2.05) is 0 Å². The summed E-state index contributed by atoms with van der Waals surface area (Å²) in [4.78, 5) is 24.0. The zero-order valence-corrected chi connectivity index (χ0v) is 16.6. The van der Waals surface area contributed by atoms with Gasteiger partial charge in [0.25, 0.3) is 0 Å². The van der Waals surface area contributed by atoms with Gasteiger partial charge in [0, 0.05) is 25.2 Å². The number of amides is 1. The van der Waals surface area contributed by atoms with Crippen molar-refractivity contribution in [3.8, 4) is 5.75 Å². The number of hydrogen-bond donors (Lipinski definition) is 1. The van der Waals surface area contributed by atoms with E-state index in [1.165, 1.54) is 28.6 Å². The highest BCUT2D eigenvalue weighted by molar-refractivity contribution is 7.89. The highest BCUT2D eigenvalue weighted by atomic mass is 32.2. The monoisotopic (exact) mass is 402 g/mol.